The van der Waals surface area contributed by atoms with Crippen molar-refractivity contribution in [1.29, 1.82) is 0 Å². The van der Waals surface area contributed by atoms with Crippen LogP contribution in [0.2, 0.25) is 0 Å². The van der Waals surface area contributed by atoms with E-state index in [0.29, 0.717) is 0 Å². The molecule has 0 spiro atoms. The molecule has 104 valence electrons. The number of nitrogens with zero attached hydrogens (tertiary/aromatic N) is 1. The lowest BCUT2D eigenvalue weighted by atomic mass is 9.81. The summed E-state index contributed by atoms with van der Waals surface area (Å²) in [6, 6.07) is 4.42. The van der Waals surface area contributed by atoms with Gasteiger partial charge in [0.25, 0.3) is 0 Å². The van der Waals surface area contributed by atoms with E-state index in [0.717, 1.165) is 24.2 Å². The van der Waals surface area contributed by atoms with Crippen molar-refractivity contribution in [3.05, 3.63) is 23.4 Å². The Labute approximate surface area is 117 Å². The zero-order chi connectivity index (χ0) is 13.1. The molecule has 0 saturated heterocycles. The zero-order valence-electron chi connectivity index (χ0n) is 12.1. The summed E-state index contributed by atoms with van der Waals surface area (Å²) in [7, 11) is 0. The van der Waals surface area contributed by atoms with Crippen molar-refractivity contribution in [2.24, 2.45) is 11.8 Å². The van der Waals surface area contributed by atoms with Crippen molar-refractivity contribution in [1.82, 2.24) is 4.98 Å². The average Bonchev–Trinajstić information content (AvgIpc) is 2.86. The minimum Gasteiger partial charge on any atom is -0.370 e. The van der Waals surface area contributed by atoms with Gasteiger partial charge in [-0.3, -0.25) is 0 Å². The molecule has 19 heavy (non-hydrogen) atoms. The fourth-order valence-corrected chi connectivity index (χ4v) is 3.75. The van der Waals surface area contributed by atoms with Crippen molar-refractivity contribution in [2.75, 3.05) is 11.9 Å². The summed E-state index contributed by atoms with van der Waals surface area (Å²) in [6.07, 6.45) is 10.7. The largest absolute Gasteiger partial charge is 0.370 e. The summed E-state index contributed by atoms with van der Waals surface area (Å²) in [5.74, 6) is 2.96. The number of aryl methyl sites for hydroxylation is 2. The Kier molecular flexibility index (Phi) is 4.05. The fraction of sp³-hybridized carbons (Fsp3) is 0.706. The molecular formula is C17H26N2. The van der Waals surface area contributed by atoms with E-state index >= 15 is 0 Å². The smallest absolute Gasteiger partial charge is 0.126 e. The van der Waals surface area contributed by atoms with Crippen molar-refractivity contribution in [3.63, 3.8) is 0 Å². The Bertz CT molecular complexity index is 427. The summed E-state index contributed by atoms with van der Waals surface area (Å²) < 4.78 is 0. The van der Waals surface area contributed by atoms with Gasteiger partial charge in [-0.1, -0.05) is 32.3 Å². The van der Waals surface area contributed by atoms with E-state index in [9.17, 15) is 0 Å². The van der Waals surface area contributed by atoms with Crippen LogP contribution in [0, 0.1) is 11.8 Å². The van der Waals surface area contributed by atoms with Crippen LogP contribution >= 0.6 is 0 Å². The highest BCUT2D eigenvalue weighted by atomic mass is 15.0. The number of hydrogen-bond donors (Lipinski definition) is 1. The molecule has 0 amide bonds. The maximum atomic E-state index is 4.74. The van der Waals surface area contributed by atoms with Crippen LogP contribution in [0.5, 0.6) is 0 Å². The molecule has 2 atom stereocenters. The number of fused-ring (bicyclic) bond motifs is 1. The van der Waals surface area contributed by atoms with E-state index in [-0.39, 0.29) is 0 Å². The maximum Gasteiger partial charge on any atom is 0.126 e. The lowest BCUT2D eigenvalue weighted by molar-refractivity contribution is 0.274. The standard InChI is InChI=1S/C17H26N2/c1-13-4-2-5-14(12-13)10-11-18-17-9-8-15-6-3-7-16(15)19-17/h8-9,13-14H,2-7,10-12H2,1H3,(H,18,19). The number of hydrogen-bond acceptors (Lipinski definition) is 2. The SMILES string of the molecule is CC1CCCC(CCNc2ccc3c(n2)CCC3)C1. The first kappa shape index (κ1) is 13.0. The van der Waals surface area contributed by atoms with Crippen LogP contribution in [-0.4, -0.2) is 11.5 Å². The van der Waals surface area contributed by atoms with Crippen LogP contribution in [0.25, 0.3) is 0 Å². The van der Waals surface area contributed by atoms with Crippen molar-refractivity contribution in [3.8, 4) is 0 Å². The monoisotopic (exact) mass is 258 g/mol. The first-order valence-corrected chi connectivity index (χ1v) is 8.04. The van der Waals surface area contributed by atoms with Gasteiger partial charge in [0.1, 0.15) is 5.82 Å². The lowest BCUT2D eigenvalue weighted by Crippen LogP contribution is -2.17. The molecule has 0 bridgehead atoms. The van der Waals surface area contributed by atoms with Crippen molar-refractivity contribution < 1.29 is 0 Å². The number of aromatic nitrogens is 1. The molecule has 0 aromatic carbocycles. The summed E-state index contributed by atoms with van der Waals surface area (Å²) in [5, 5.41) is 3.53. The molecule has 3 rings (SSSR count). The van der Waals surface area contributed by atoms with Crippen molar-refractivity contribution in [2.45, 2.75) is 58.3 Å². The van der Waals surface area contributed by atoms with Gasteiger partial charge in [0.05, 0.1) is 0 Å². The molecule has 1 heterocycles. The summed E-state index contributed by atoms with van der Waals surface area (Å²) in [6.45, 7) is 3.49. The van der Waals surface area contributed by atoms with Crippen LogP contribution in [0.15, 0.2) is 12.1 Å². The first-order valence-electron chi connectivity index (χ1n) is 8.04. The number of rotatable bonds is 4. The van der Waals surface area contributed by atoms with Gasteiger partial charge in [-0.15, -0.1) is 0 Å². The van der Waals surface area contributed by atoms with Crippen LogP contribution in [-0.2, 0) is 12.8 Å². The minimum atomic E-state index is 0.936. The van der Waals surface area contributed by atoms with Gasteiger partial charge in [-0.05, 0) is 55.6 Å². The second kappa shape index (κ2) is 5.94. The van der Waals surface area contributed by atoms with Crippen LogP contribution in [0.1, 0.15) is 56.7 Å². The van der Waals surface area contributed by atoms with Gasteiger partial charge in [-0.2, -0.15) is 0 Å². The minimum absolute atomic E-state index is 0.936. The Morgan fingerprint density at radius 1 is 1.21 bits per heavy atom. The van der Waals surface area contributed by atoms with Gasteiger partial charge in [0, 0.05) is 12.2 Å². The molecule has 1 saturated carbocycles. The van der Waals surface area contributed by atoms with E-state index in [1.54, 1.807) is 0 Å². The topological polar surface area (TPSA) is 24.9 Å². The second-order valence-electron chi connectivity index (χ2n) is 6.51. The fourth-order valence-electron chi connectivity index (χ4n) is 3.75. The number of nitrogens with one attached hydrogen (secondary N) is 1. The summed E-state index contributed by atoms with van der Waals surface area (Å²) in [5.41, 5.74) is 2.79. The van der Waals surface area contributed by atoms with E-state index < -0.39 is 0 Å². The Hall–Kier alpha value is -1.05. The van der Waals surface area contributed by atoms with E-state index in [1.807, 2.05) is 0 Å². The predicted molar refractivity (Wildman–Crippen MR) is 80.5 cm³/mol. The van der Waals surface area contributed by atoms with Gasteiger partial charge in [-0.25, -0.2) is 4.98 Å². The second-order valence-corrected chi connectivity index (χ2v) is 6.51. The summed E-state index contributed by atoms with van der Waals surface area (Å²) in [4.78, 5) is 4.74. The molecule has 2 heteroatoms. The van der Waals surface area contributed by atoms with Gasteiger partial charge < -0.3 is 5.32 Å². The molecule has 2 aliphatic carbocycles. The molecule has 0 radical (unpaired) electrons. The van der Waals surface area contributed by atoms with E-state index in [4.69, 9.17) is 4.98 Å². The lowest BCUT2D eigenvalue weighted by Gasteiger charge is -2.26. The predicted octanol–water partition coefficient (Wildman–Crippen LogP) is 4.20. The van der Waals surface area contributed by atoms with E-state index in [1.165, 1.54) is 62.6 Å². The Balaban J connectivity index is 1.47. The highest BCUT2D eigenvalue weighted by molar-refractivity contribution is 5.40. The van der Waals surface area contributed by atoms with Crippen LogP contribution in [0.4, 0.5) is 5.82 Å². The summed E-state index contributed by atoms with van der Waals surface area (Å²) >= 11 is 0. The molecule has 2 aliphatic rings. The highest BCUT2D eigenvalue weighted by Crippen LogP contribution is 2.30. The molecule has 1 aromatic heterocycles. The number of pyridine rings is 1. The zero-order valence-corrected chi connectivity index (χ0v) is 12.1. The third kappa shape index (κ3) is 3.29. The molecular weight excluding hydrogens is 232 g/mol. The van der Waals surface area contributed by atoms with Crippen LogP contribution in [0.3, 0.4) is 0 Å². The van der Waals surface area contributed by atoms with E-state index in [2.05, 4.69) is 24.4 Å². The Morgan fingerprint density at radius 2 is 2.16 bits per heavy atom. The van der Waals surface area contributed by atoms with Crippen LogP contribution < -0.4 is 5.32 Å². The molecule has 0 aliphatic heterocycles. The van der Waals surface area contributed by atoms with Gasteiger partial charge in [0.2, 0.25) is 0 Å². The molecule has 1 aromatic rings. The molecule has 1 fully saturated rings. The highest BCUT2D eigenvalue weighted by Gasteiger charge is 2.18. The Morgan fingerprint density at radius 3 is 3.05 bits per heavy atom. The first-order chi connectivity index (χ1) is 9.31. The molecule has 2 unspecified atom stereocenters. The van der Waals surface area contributed by atoms with Gasteiger partial charge >= 0.3 is 0 Å². The maximum absolute atomic E-state index is 4.74. The normalized spacial score (nSPS) is 26.2. The number of anilines is 1. The molecule has 1 N–H and O–H groups in total. The van der Waals surface area contributed by atoms with Crippen molar-refractivity contribution >= 4 is 5.82 Å². The third-order valence-corrected chi connectivity index (χ3v) is 4.83. The quantitative estimate of drug-likeness (QED) is 0.875. The third-order valence-electron chi connectivity index (χ3n) is 4.83. The molecule has 2 nitrogen and oxygen atoms in total. The van der Waals surface area contributed by atoms with Gasteiger partial charge in [0.15, 0.2) is 0 Å². The average molecular weight is 258 g/mol.